The summed E-state index contributed by atoms with van der Waals surface area (Å²) in [6.45, 7) is 2.20. The number of benzene rings is 2. The van der Waals surface area contributed by atoms with Crippen LogP contribution in [0, 0.1) is 5.92 Å². The van der Waals surface area contributed by atoms with Crippen molar-refractivity contribution in [2.45, 2.75) is 94.7 Å². The zero-order valence-electron chi connectivity index (χ0n) is 30.3. The Kier molecular flexibility index (Phi) is 13.6. The number of carbonyl (C=O) groups excluding carboxylic acids is 2. The van der Waals surface area contributed by atoms with Crippen LogP contribution in [-0.2, 0) is 33.0 Å². The van der Waals surface area contributed by atoms with Crippen LogP contribution in [0.2, 0.25) is 0 Å². The molecule has 3 aliphatic rings. The molecule has 0 spiro atoms. The molecule has 0 saturated heterocycles. The van der Waals surface area contributed by atoms with Gasteiger partial charge in [-0.3, -0.25) is 14.2 Å². The average Bonchev–Trinajstić information content (AvgIpc) is 3.96. The van der Waals surface area contributed by atoms with Gasteiger partial charge in [0.2, 0.25) is 0 Å². The molecule has 1 aliphatic heterocycles. The molecule has 54 heavy (non-hydrogen) atoms. The van der Waals surface area contributed by atoms with Gasteiger partial charge in [-0.1, -0.05) is 30.2 Å². The number of rotatable bonds is 14. The van der Waals surface area contributed by atoms with Crippen molar-refractivity contribution in [2.24, 2.45) is 5.92 Å². The number of aliphatic hydroxyl groups is 2. The van der Waals surface area contributed by atoms with Crippen LogP contribution in [0.5, 0.6) is 11.5 Å². The molecule has 5 N–H and O–H groups in total. The van der Waals surface area contributed by atoms with E-state index in [-0.39, 0.29) is 57.7 Å². The molecule has 2 atom stereocenters. The van der Waals surface area contributed by atoms with Gasteiger partial charge < -0.3 is 40.3 Å². The first-order valence-corrected chi connectivity index (χ1v) is 19.3. The van der Waals surface area contributed by atoms with E-state index in [1.165, 1.54) is 17.4 Å². The summed E-state index contributed by atoms with van der Waals surface area (Å²) in [4.78, 5) is 28.2. The Labute approximate surface area is 316 Å². The first-order valence-electron chi connectivity index (χ1n) is 18.4. The summed E-state index contributed by atoms with van der Waals surface area (Å²) in [5, 5.41) is 49.2. The zero-order valence-corrected chi connectivity index (χ0v) is 31.1. The SMILES string of the molecule is CN(CCCn1nnc2cc(CNC[C@H](O)c3ccc(O)c4c3OCC(=O)N4)ccc21)C1CCC(OC(=O)C(O)(c2cccs2)C2CCCC2)CC1.F.F. The van der Waals surface area contributed by atoms with E-state index in [0.717, 1.165) is 87.5 Å². The monoisotopic (exact) mass is 772 g/mol. The molecule has 2 saturated carbocycles. The standard InChI is InChI=1S/C38H48N6O7S.2FH/c1-43(26-10-12-27(13-11-26)51-37(48)38(49,25-6-2-3-7-25)33-8-4-19-52-33)17-5-18-44-30-15-9-24(20-29(30)41-42-44)21-39-22-32(46)28-14-16-31(45)35-36(28)50-23-34(47)40-35;;/h4,8-9,14-16,19-20,25-27,32,39,45-46,49H,2-3,5-7,10-13,17-18,21-23H2,1H3,(H,40,47);2*1H/t26?,27?,32-,38?;;/m0../s1. The van der Waals surface area contributed by atoms with Crippen LogP contribution >= 0.6 is 11.3 Å². The Balaban J connectivity index is 0.00000280. The number of aliphatic hydroxyl groups excluding tert-OH is 1. The van der Waals surface area contributed by atoms with Gasteiger partial charge in [0.05, 0.1) is 11.6 Å². The predicted octanol–water partition coefficient (Wildman–Crippen LogP) is 4.91. The van der Waals surface area contributed by atoms with Crippen molar-refractivity contribution in [3.8, 4) is 11.5 Å². The number of phenols is 1. The molecule has 2 aromatic heterocycles. The van der Waals surface area contributed by atoms with E-state index in [4.69, 9.17) is 9.47 Å². The lowest BCUT2D eigenvalue weighted by Crippen LogP contribution is -2.45. The summed E-state index contributed by atoms with van der Waals surface area (Å²) in [6.07, 6.45) is 7.08. The van der Waals surface area contributed by atoms with Crippen LogP contribution in [0.3, 0.4) is 0 Å². The number of hydrogen-bond acceptors (Lipinski definition) is 12. The first kappa shape index (κ1) is 41.0. The van der Waals surface area contributed by atoms with Gasteiger partial charge in [-0.2, -0.15) is 0 Å². The third-order valence-electron chi connectivity index (χ3n) is 11.0. The highest BCUT2D eigenvalue weighted by Gasteiger charge is 2.49. The fourth-order valence-corrected chi connectivity index (χ4v) is 8.89. The maximum atomic E-state index is 13.5. The van der Waals surface area contributed by atoms with E-state index in [2.05, 4.69) is 32.9 Å². The van der Waals surface area contributed by atoms with Crippen LogP contribution in [-0.4, -0.2) is 86.0 Å². The Bertz CT molecular complexity index is 1870. The molecule has 294 valence electrons. The molecule has 2 fully saturated rings. The Morgan fingerprint density at radius 2 is 1.93 bits per heavy atom. The number of hydrogen-bond donors (Lipinski definition) is 5. The molecule has 1 amide bonds. The molecular formula is C38H50F2N6O7S. The molecule has 0 bridgehead atoms. The van der Waals surface area contributed by atoms with Gasteiger partial charge in [0.1, 0.15) is 23.1 Å². The molecule has 0 radical (unpaired) electrons. The normalized spacial score (nSPS) is 20.3. The number of fused-ring (bicyclic) bond motifs is 2. The molecule has 16 heteroatoms. The molecule has 3 heterocycles. The number of amides is 1. The van der Waals surface area contributed by atoms with Crippen LogP contribution in [0.4, 0.5) is 15.1 Å². The maximum absolute atomic E-state index is 13.5. The lowest BCUT2D eigenvalue weighted by Gasteiger charge is -2.37. The number of aryl methyl sites for hydroxylation is 1. The quantitative estimate of drug-likeness (QED) is 0.0872. The number of anilines is 1. The molecule has 2 aliphatic carbocycles. The molecular weight excluding hydrogens is 723 g/mol. The summed E-state index contributed by atoms with van der Waals surface area (Å²) in [5.74, 6) is -0.746. The second-order valence-electron chi connectivity index (χ2n) is 14.4. The number of nitrogens with zero attached hydrogens (tertiary/aromatic N) is 4. The lowest BCUT2D eigenvalue weighted by atomic mass is 9.84. The van der Waals surface area contributed by atoms with E-state index < -0.39 is 17.7 Å². The van der Waals surface area contributed by atoms with E-state index in [9.17, 15) is 24.9 Å². The number of esters is 1. The van der Waals surface area contributed by atoms with Crippen LogP contribution in [0.15, 0.2) is 47.8 Å². The topological polar surface area (TPSA) is 171 Å². The summed E-state index contributed by atoms with van der Waals surface area (Å²) in [6, 6.07) is 13.2. The maximum Gasteiger partial charge on any atom is 0.344 e. The number of ether oxygens (including phenoxy) is 2. The highest BCUT2D eigenvalue weighted by Crippen LogP contribution is 2.44. The Morgan fingerprint density at radius 3 is 2.67 bits per heavy atom. The third-order valence-corrected chi connectivity index (χ3v) is 12.0. The Hall–Kier alpha value is -4.22. The lowest BCUT2D eigenvalue weighted by molar-refractivity contribution is -0.180. The number of carbonyl (C=O) groups is 2. The number of aromatic nitrogens is 3. The average molecular weight is 773 g/mol. The predicted molar refractivity (Wildman–Crippen MR) is 201 cm³/mol. The van der Waals surface area contributed by atoms with Gasteiger partial charge in [-0.15, -0.1) is 16.4 Å². The van der Waals surface area contributed by atoms with Gasteiger partial charge in [0.25, 0.3) is 5.91 Å². The van der Waals surface area contributed by atoms with Gasteiger partial charge in [-0.25, -0.2) is 9.48 Å². The number of phenolic OH excluding ortho intramolecular Hbond substituents is 1. The van der Waals surface area contributed by atoms with Gasteiger partial charge in [0.15, 0.2) is 18.0 Å². The minimum atomic E-state index is -1.54. The Morgan fingerprint density at radius 1 is 1.15 bits per heavy atom. The van der Waals surface area contributed by atoms with E-state index in [1.54, 1.807) is 6.07 Å². The number of thiophene rings is 1. The number of halogens is 2. The molecule has 4 aromatic rings. The van der Waals surface area contributed by atoms with Crippen LogP contribution in [0.25, 0.3) is 11.0 Å². The van der Waals surface area contributed by atoms with Crippen molar-refractivity contribution >= 4 is 39.9 Å². The third kappa shape index (κ3) is 8.68. The minimum absolute atomic E-state index is 0. The second-order valence-corrected chi connectivity index (χ2v) is 15.3. The van der Waals surface area contributed by atoms with Crippen molar-refractivity contribution in [3.63, 3.8) is 0 Å². The smallest absolute Gasteiger partial charge is 0.344 e. The van der Waals surface area contributed by atoms with E-state index in [0.29, 0.717) is 23.0 Å². The van der Waals surface area contributed by atoms with E-state index in [1.807, 2.05) is 40.4 Å². The fraction of sp³-hybridized carbons (Fsp3) is 0.526. The second kappa shape index (κ2) is 17.9. The van der Waals surface area contributed by atoms with Crippen molar-refractivity contribution in [2.75, 3.05) is 32.1 Å². The molecule has 13 nitrogen and oxygen atoms in total. The van der Waals surface area contributed by atoms with Crippen molar-refractivity contribution in [1.29, 1.82) is 0 Å². The minimum Gasteiger partial charge on any atom is -0.506 e. The molecule has 7 rings (SSSR count). The van der Waals surface area contributed by atoms with Crippen molar-refractivity contribution in [1.82, 2.24) is 25.2 Å². The summed E-state index contributed by atoms with van der Waals surface area (Å²) in [7, 11) is 2.16. The summed E-state index contributed by atoms with van der Waals surface area (Å²) >= 11 is 1.43. The fourth-order valence-electron chi connectivity index (χ4n) is 8.00. The van der Waals surface area contributed by atoms with Gasteiger partial charge >= 0.3 is 5.97 Å². The summed E-state index contributed by atoms with van der Waals surface area (Å²) < 4.78 is 13.5. The highest BCUT2D eigenvalue weighted by molar-refractivity contribution is 7.10. The van der Waals surface area contributed by atoms with E-state index >= 15 is 0 Å². The van der Waals surface area contributed by atoms with Crippen LogP contribution in [0.1, 0.15) is 79.9 Å². The number of aromatic hydroxyl groups is 1. The van der Waals surface area contributed by atoms with Crippen molar-refractivity contribution in [3.05, 3.63) is 63.8 Å². The summed E-state index contributed by atoms with van der Waals surface area (Å²) in [5.41, 5.74) is 1.88. The zero-order chi connectivity index (χ0) is 36.2. The van der Waals surface area contributed by atoms with Crippen LogP contribution < -0.4 is 15.4 Å². The van der Waals surface area contributed by atoms with Crippen molar-refractivity contribution < 1.29 is 43.8 Å². The molecule has 2 aromatic carbocycles. The van der Waals surface area contributed by atoms with Gasteiger partial charge in [-0.05, 0) is 99.8 Å². The first-order chi connectivity index (χ1) is 25.2. The highest BCUT2D eigenvalue weighted by atomic mass is 32.1. The number of nitrogens with one attached hydrogen (secondary N) is 2. The molecule has 1 unspecified atom stereocenters. The largest absolute Gasteiger partial charge is 0.506 e. The van der Waals surface area contributed by atoms with Gasteiger partial charge in [0, 0.05) is 42.0 Å².